The molecule has 27 heavy (non-hydrogen) atoms. The third-order valence-electron chi connectivity index (χ3n) is 4.84. The fourth-order valence-electron chi connectivity index (χ4n) is 3.43. The van der Waals surface area contributed by atoms with Crippen molar-refractivity contribution in [2.75, 3.05) is 39.9 Å². The number of nitrogens with zero attached hydrogens (tertiary/aromatic N) is 2. The van der Waals surface area contributed by atoms with Crippen LogP contribution in [0.3, 0.4) is 0 Å². The first-order valence-electron chi connectivity index (χ1n) is 9.57. The zero-order valence-electron chi connectivity index (χ0n) is 16.2. The lowest BCUT2D eigenvalue weighted by atomic mass is 10.1. The summed E-state index contributed by atoms with van der Waals surface area (Å²) in [5, 5.41) is 0. The van der Waals surface area contributed by atoms with E-state index >= 15 is 0 Å². The van der Waals surface area contributed by atoms with Gasteiger partial charge in [-0.15, -0.1) is 0 Å². The lowest BCUT2D eigenvalue weighted by molar-refractivity contribution is 0.0760. The molecule has 0 bridgehead atoms. The van der Waals surface area contributed by atoms with E-state index in [1.165, 1.54) is 5.56 Å². The number of ether oxygens (including phenoxy) is 2. The van der Waals surface area contributed by atoms with Gasteiger partial charge in [0.05, 0.1) is 13.7 Å². The molecule has 2 aromatic rings. The third-order valence-corrected chi connectivity index (χ3v) is 4.84. The number of benzene rings is 2. The third kappa shape index (κ3) is 5.01. The van der Waals surface area contributed by atoms with E-state index in [1.807, 2.05) is 24.0 Å². The highest BCUT2D eigenvalue weighted by Crippen LogP contribution is 2.28. The molecule has 1 heterocycles. The van der Waals surface area contributed by atoms with E-state index in [1.54, 1.807) is 19.2 Å². The van der Waals surface area contributed by atoms with Gasteiger partial charge in [0.2, 0.25) is 0 Å². The number of methoxy groups -OCH3 is 1. The average Bonchev–Trinajstić information content (AvgIpc) is 2.94. The van der Waals surface area contributed by atoms with E-state index in [0.717, 1.165) is 39.1 Å². The van der Waals surface area contributed by atoms with Crippen LogP contribution in [0, 0.1) is 0 Å². The van der Waals surface area contributed by atoms with Gasteiger partial charge in [0.15, 0.2) is 11.5 Å². The van der Waals surface area contributed by atoms with Crippen molar-refractivity contribution in [1.29, 1.82) is 0 Å². The highest BCUT2D eigenvalue weighted by molar-refractivity contribution is 5.95. The first kappa shape index (κ1) is 19.2. The summed E-state index contributed by atoms with van der Waals surface area (Å²) in [6.07, 6.45) is 0.979. The quantitative estimate of drug-likeness (QED) is 0.783. The Hall–Kier alpha value is -2.53. The van der Waals surface area contributed by atoms with Crippen molar-refractivity contribution in [1.82, 2.24) is 9.80 Å². The molecular formula is C22H28N2O3. The van der Waals surface area contributed by atoms with Crippen molar-refractivity contribution in [2.45, 2.75) is 19.9 Å². The molecule has 0 saturated carbocycles. The number of amides is 1. The van der Waals surface area contributed by atoms with Gasteiger partial charge in [-0.3, -0.25) is 9.69 Å². The SMILES string of the molecule is CCOc1cc(C(=O)N2CCCN(Cc3ccccc3)CC2)ccc1OC. The van der Waals surface area contributed by atoms with Crippen molar-refractivity contribution in [3.63, 3.8) is 0 Å². The van der Waals surface area contributed by atoms with Crippen molar-refractivity contribution in [3.8, 4) is 11.5 Å². The zero-order chi connectivity index (χ0) is 19.1. The molecule has 0 spiro atoms. The van der Waals surface area contributed by atoms with E-state index < -0.39 is 0 Å². The molecule has 3 rings (SSSR count). The summed E-state index contributed by atoms with van der Waals surface area (Å²) in [5.74, 6) is 1.32. The monoisotopic (exact) mass is 368 g/mol. The summed E-state index contributed by atoms with van der Waals surface area (Å²) in [6, 6.07) is 15.9. The lowest BCUT2D eigenvalue weighted by Crippen LogP contribution is -2.35. The summed E-state index contributed by atoms with van der Waals surface area (Å²) in [7, 11) is 1.61. The number of carbonyl (C=O) groups excluding carboxylic acids is 1. The van der Waals surface area contributed by atoms with E-state index in [4.69, 9.17) is 9.47 Å². The Balaban J connectivity index is 1.64. The van der Waals surface area contributed by atoms with Crippen LogP contribution in [-0.4, -0.2) is 55.6 Å². The van der Waals surface area contributed by atoms with Gasteiger partial charge >= 0.3 is 0 Å². The highest BCUT2D eigenvalue weighted by atomic mass is 16.5. The largest absolute Gasteiger partial charge is 0.493 e. The van der Waals surface area contributed by atoms with Crippen molar-refractivity contribution in [3.05, 3.63) is 59.7 Å². The highest BCUT2D eigenvalue weighted by Gasteiger charge is 2.21. The van der Waals surface area contributed by atoms with Crippen LogP contribution in [0.15, 0.2) is 48.5 Å². The van der Waals surface area contributed by atoms with Crippen molar-refractivity contribution < 1.29 is 14.3 Å². The van der Waals surface area contributed by atoms with E-state index in [2.05, 4.69) is 29.2 Å². The van der Waals surface area contributed by atoms with Gasteiger partial charge in [0.25, 0.3) is 5.91 Å². The standard InChI is InChI=1S/C22H28N2O3/c1-3-27-21-16-19(10-11-20(21)26-2)22(25)24-13-7-12-23(14-15-24)17-18-8-5-4-6-9-18/h4-6,8-11,16H,3,7,12-15,17H2,1-2H3. The Bertz CT molecular complexity index is 748. The number of rotatable bonds is 6. The molecule has 0 aliphatic carbocycles. The molecule has 1 saturated heterocycles. The summed E-state index contributed by atoms with van der Waals surface area (Å²) < 4.78 is 10.9. The fourth-order valence-corrected chi connectivity index (χ4v) is 3.43. The van der Waals surface area contributed by atoms with E-state index in [-0.39, 0.29) is 5.91 Å². The molecule has 0 radical (unpaired) electrons. The van der Waals surface area contributed by atoms with E-state index in [0.29, 0.717) is 23.7 Å². The topological polar surface area (TPSA) is 42.0 Å². The van der Waals surface area contributed by atoms with Gasteiger partial charge in [0, 0.05) is 38.3 Å². The normalized spacial score (nSPS) is 15.3. The number of hydrogen-bond acceptors (Lipinski definition) is 4. The minimum absolute atomic E-state index is 0.0557. The minimum atomic E-state index is 0.0557. The number of carbonyl (C=O) groups is 1. The molecule has 0 N–H and O–H groups in total. The predicted molar refractivity (Wildman–Crippen MR) is 106 cm³/mol. The molecule has 144 valence electrons. The molecule has 1 amide bonds. The van der Waals surface area contributed by atoms with Gasteiger partial charge in [-0.05, 0) is 37.1 Å². The Kier molecular flexibility index (Phi) is 6.71. The smallest absolute Gasteiger partial charge is 0.254 e. The van der Waals surface area contributed by atoms with Crippen LogP contribution in [-0.2, 0) is 6.54 Å². The van der Waals surface area contributed by atoms with Crippen LogP contribution in [0.2, 0.25) is 0 Å². The van der Waals surface area contributed by atoms with Crippen LogP contribution in [0.25, 0.3) is 0 Å². The Morgan fingerprint density at radius 2 is 1.81 bits per heavy atom. The molecule has 0 atom stereocenters. The Morgan fingerprint density at radius 3 is 2.56 bits per heavy atom. The number of hydrogen-bond donors (Lipinski definition) is 0. The maximum absolute atomic E-state index is 13.0. The summed E-state index contributed by atoms with van der Waals surface area (Å²) in [6.45, 7) is 6.79. The molecule has 0 unspecified atom stereocenters. The summed E-state index contributed by atoms with van der Waals surface area (Å²) in [5.41, 5.74) is 1.96. The maximum atomic E-state index is 13.0. The molecule has 2 aromatic carbocycles. The molecular weight excluding hydrogens is 340 g/mol. The maximum Gasteiger partial charge on any atom is 0.254 e. The summed E-state index contributed by atoms with van der Waals surface area (Å²) in [4.78, 5) is 17.4. The van der Waals surface area contributed by atoms with Gasteiger partial charge in [-0.25, -0.2) is 0 Å². The second-order valence-electron chi connectivity index (χ2n) is 6.71. The van der Waals surface area contributed by atoms with Crippen LogP contribution < -0.4 is 9.47 Å². The zero-order valence-corrected chi connectivity index (χ0v) is 16.2. The Morgan fingerprint density at radius 1 is 1.00 bits per heavy atom. The first-order chi connectivity index (χ1) is 13.2. The summed E-state index contributed by atoms with van der Waals surface area (Å²) >= 11 is 0. The van der Waals surface area contributed by atoms with E-state index in [9.17, 15) is 4.79 Å². The second-order valence-corrected chi connectivity index (χ2v) is 6.71. The van der Waals surface area contributed by atoms with Crippen LogP contribution in [0.5, 0.6) is 11.5 Å². The van der Waals surface area contributed by atoms with Gasteiger partial charge in [-0.1, -0.05) is 30.3 Å². The molecule has 1 aliphatic heterocycles. The molecule has 5 nitrogen and oxygen atoms in total. The van der Waals surface area contributed by atoms with Gasteiger partial charge < -0.3 is 14.4 Å². The predicted octanol–water partition coefficient (Wildman–Crippen LogP) is 3.44. The van der Waals surface area contributed by atoms with Gasteiger partial charge in [-0.2, -0.15) is 0 Å². The van der Waals surface area contributed by atoms with Crippen molar-refractivity contribution >= 4 is 5.91 Å². The second kappa shape index (κ2) is 9.42. The molecule has 0 aromatic heterocycles. The first-order valence-corrected chi connectivity index (χ1v) is 9.57. The van der Waals surface area contributed by atoms with Crippen LogP contribution >= 0.6 is 0 Å². The van der Waals surface area contributed by atoms with Crippen LogP contribution in [0.1, 0.15) is 29.3 Å². The van der Waals surface area contributed by atoms with Gasteiger partial charge in [0.1, 0.15) is 0 Å². The molecule has 5 heteroatoms. The molecule has 1 aliphatic rings. The minimum Gasteiger partial charge on any atom is -0.493 e. The fraction of sp³-hybridized carbons (Fsp3) is 0.409. The molecule has 1 fully saturated rings. The van der Waals surface area contributed by atoms with Crippen molar-refractivity contribution in [2.24, 2.45) is 0 Å². The Labute approximate surface area is 161 Å². The average molecular weight is 368 g/mol. The lowest BCUT2D eigenvalue weighted by Gasteiger charge is -2.22. The van der Waals surface area contributed by atoms with Crippen LogP contribution in [0.4, 0.5) is 0 Å².